The van der Waals surface area contributed by atoms with E-state index >= 15 is 0 Å². The Morgan fingerprint density at radius 2 is 1.74 bits per heavy atom. The minimum Gasteiger partial charge on any atom is -0.468 e. The molecule has 0 radical (unpaired) electrons. The zero-order valence-electron chi connectivity index (χ0n) is 42.2. The number of morpholine rings is 1. The van der Waals surface area contributed by atoms with E-state index in [1.54, 1.807) is 6.07 Å². The Labute approximate surface area is 427 Å². The molecule has 5 aromatic rings. The lowest BCUT2D eigenvalue weighted by Gasteiger charge is -2.59. The molecule has 4 N–H and O–H groups in total. The van der Waals surface area contributed by atoms with E-state index in [1.165, 1.54) is 23.3 Å². The van der Waals surface area contributed by atoms with E-state index in [0.29, 0.717) is 86.5 Å². The van der Waals surface area contributed by atoms with Crippen LogP contribution in [0.4, 0.5) is 28.4 Å². The van der Waals surface area contributed by atoms with E-state index in [9.17, 15) is 28.4 Å². The van der Waals surface area contributed by atoms with Gasteiger partial charge in [-0.05, 0) is 142 Å². The normalized spacial score (nSPS) is 26.5. The first kappa shape index (κ1) is 49.4. The molecule has 6 heterocycles. The number of hydrogen-bond acceptors (Lipinski definition) is 14. The number of anilines is 4. The molecule has 2 aromatic heterocycles. The van der Waals surface area contributed by atoms with Gasteiger partial charge < -0.3 is 39.4 Å². The number of nitro benzene ring substituents is 1. The predicted molar refractivity (Wildman–Crippen MR) is 279 cm³/mol. The third kappa shape index (κ3) is 9.65. The van der Waals surface area contributed by atoms with Gasteiger partial charge in [0.1, 0.15) is 23.1 Å². The van der Waals surface area contributed by atoms with Crippen molar-refractivity contribution in [3.05, 3.63) is 106 Å². The number of H-pyrrole nitrogens is 1. The molecule has 4 atom stereocenters. The van der Waals surface area contributed by atoms with Crippen LogP contribution in [0.1, 0.15) is 119 Å². The molecule has 11 rings (SSSR count). The number of rotatable bonds is 12. The average molecular weight is 1020 g/mol. The lowest BCUT2D eigenvalue weighted by Crippen LogP contribution is -2.60. The van der Waals surface area contributed by atoms with Gasteiger partial charge in [-0.3, -0.25) is 19.8 Å². The van der Waals surface area contributed by atoms with Crippen LogP contribution < -0.4 is 24.6 Å². The lowest BCUT2D eigenvalue weighted by molar-refractivity contribution is -0.384. The van der Waals surface area contributed by atoms with E-state index < -0.39 is 43.1 Å². The molecule has 0 bridgehead atoms. The maximum atomic E-state index is 14.7. The fraction of sp³-hybridized carbons (Fsp3) is 0.527. The van der Waals surface area contributed by atoms with Crippen molar-refractivity contribution < 1.29 is 37.5 Å². The van der Waals surface area contributed by atoms with Gasteiger partial charge in [-0.1, -0.05) is 38.1 Å². The summed E-state index contributed by atoms with van der Waals surface area (Å²) in [6, 6.07) is 22.7. The summed E-state index contributed by atoms with van der Waals surface area (Å²) >= 11 is 0. The summed E-state index contributed by atoms with van der Waals surface area (Å²) in [5, 5.41) is 26.8. The summed E-state index contributed by atoms with van der Waals surface area (Å²) in [5.74, 6) is 0.105. The van der Waals surface area contributed by atoms with Crippen LogP contribution in [0.2, 0.25) is 0 Å². The summed E-state index contributed by atoms with van der Waals surface area (Å²) in [6.07, 6.45) is 9.05. The molecular weight excluding hydrogens is 949 g/mol. The highest BCUT2D eigenvalue weighted by Crippen LogP contribution is 2.54. The maximum absolute atomic E-state index is 14.7. The maximum Gasteiger partial charge on any atom is 0.293 e. The van der Waals surface area contributed by atoms with Crippen LogP contribution in [0.5, 0.6) is 5.88 Å². The van der Waals surface area contributed by atoms with Gasteiger partial charge in [0.05, 0.1) is 58.6 Å². The number of pyridine rings is 1. The number of piperidine rings is 1. The molecule has 17 nitrogen and oxygen atoms in total. The number of hydrogen-bond donors (Lipinski definition) is 4. The summed E-state index contributed by atoms with van der Waals surface area (Å²) < 4.78 is 49.3. The highest BCUT2D eigenvalue weighted by molar-refractivity contribution is 7.90. The molecule has 5 fully saturated rings. The molecule has 6 aliphatic rings. The van der Waals surface area contributed by atoms with Crippen molar-refractivity contribution >= 4 is 55.4 Å². The van der Waals surface area contributed by atoms with Gasteiger partial charge in [0.2, 0.25) is 5.88 Å². The van der Waals surface area contributed by atoms with E-state index in [0.717, 1.165) is 75.4 Å². The largest absolute Gasteiger partial charge is 0.468 e. The van der Waals surface area contributed by atoms with Crippen molar-refractivity contribution in [1.29, 1.82) is 0 Å². The summed E-state index contributed by atoms with van der Waals surface area (Å²) in [4.78, 5) is 41.3. The number of nitrogens with zero attached hydrogens (tertiary/aromatic N) is 5. The molecule has 1 amide bonds. The number of carbonyl (C=O) groups excluding carboxylic acids is 1. The quantitative estimate of drug-likeness (QED) is 0.0681. The molecule has 3 aromatic carbocycles. The number of aliphatic hydroxyl groups is 1. The van der Waals surface area contributed by atoms with Gasteiger partial charge in [0.15, 0.2) is 0 Å². The van der Waals surface area contributed by atoms with Crippen molar-refractivity contribution in [3.8, 4) is 5.88 Å². The van der Waals surface area contributed by atoms with Crippen molar-refractivity contribution in [1.82, 2.24) is 19.6 Å². The predicted octanol–water partition coefficient (Wildman–Crippen LogP) is 8.97. The third-order valence-electron chi connectivity index (χ3n) is 17.0. The molecule has 73 heavy (non-hydrogen) atoms. The van der Waals surface area contributed by atoms with Gasteiger partial charge in [-0.15, -0.1) is 0 Å². The second-order valence-corrected chi connectivity index (χ2v) is 23.9. The molecule has 4 aliphatic heterocycles. The van der Waals surface area contributed by atoms with E-state index in [2.05, 4.69) is 74.8 Å². The first-order chi connectivity index (χ1) is 35.1. The number of aromatic amines is 1. The zero-order valence-corrected chi connectivity index (χ0v) is 43.0. The van der Waals surface area contributed by atoms with Gasteiger partial charge in [0, 0.05) is 61.7 Å². The number of sulfonamides is 1. The minimum absolute atomic E-state index is 0.113. The van der Waals surface area contributed by atoms with E-state index in [4.69, 9.17) is 19.2 Å². The Morgan fingerprint density at radius 1 is 0.959 bits per heavy atom. The van der Waals surface area contributed by atoms with Crippen molar-refractivity contribution in [2.75, 3.05) is 61.2 Å². The Hall–Kier alpha value is -5.79. The molecule has 1 spiro atoms. The van der Waals surface area contributed by atoms with Crippen LogP contribution >= 0.6 is 0 Å². The first-order valence-electron chi connectivity index (χ1n) is 26.2. The van der Waals surface area contributed by atoms with Crippen LogP contribution in [0.3, 0.4) is 0 Å². The molecule has 2 saturated carbocycles. The number of nitrogens with one attached hydrogen (secondary N) is 3. The number of aromatic nitrogens is 2. The van der Waals surface area contributed by atoms with Crippen molar-refractivity contribution in [3.63, 3.8) is 0 Å². The van der Waals surface area contributed by atoms with Crippen LogP contribution in [-0.2, 0) is 19.5 Å². The Kier molecular flexibility index (Phi) is 13.2. The smallest absolute Gasteiger partial charge is 0.293 e. The molecule has 18 heteroatoms. The Balaban J connectivity index is 0.867. The topological polar surface area (TPSA) is 205 Å². The third-order valence-corrected chi connectivity index (χ3v) is 18.3. The number of benzene rings is 3. The number of nitro groups is 1. The van der Waals surface area contributed by atoms with Gasteiger partial charge in [-0.25, -0.2) is 13.1 Å². The Morgan fingerprint density at radius 3 is 2.51 bits per heavy atom. The first-order valence-corrected chi connectivity index (χ1v) is 27.7. The van der Waals surface area contributed by atoms with Crippen LogP contribution in [-0.4, -0.2) is 115 Å². The number of carbonyl (C=O) groups is 1. The minimum atomic E-state index is -4.62. The van der Waals surface area contributed by atoms with Crippen molar-refractivity contribution in [2.45, 2.75) is 132 Å². The fourth-order valence-electron chi connectivity index (χ4n) is 12.9. The van der Waals surface area contributed by atoms with Crippen molar-refractivity contribution in [2.24, 2.45) is 11.3 Å². The highest BCUT2D eigenvalue weighted by atomic mass is 32.2. The van der Waals surface area contributed by atoms with Crippen LogP contribution in [0, 0.1) is 21.4 Å². The number of fused-ring (bicyclic) bond motifs is 3. The fourth-order valence-corrected chi connectivity index (χ4v) is 13.9. The van der Waals surface area contributed by atoms with E-state index in [-0.39, 0.29) is 34.7 Å². The number of amides is 1. The molecule has 3 saturated heterocycles. The molecule has 2 aliphatic carbocycles. The second kappa shape index (κ2) is 19.5. The second-order valence-electron chi connectivity index (χ2n) is 22.3. The van der Waals surface area contributed by atoms with Crippen LogP contribution in [0.25, 0.3) is 11.0 Å². The zero-order chi connectivity index (χ0) is 50.8. The number of ether oxygens (including phenoxy) is 3. The Bertz CT molecular complexity index is 2990. The average Bonchev–Trinajstić information content (AvgIpc) is 3.83. The summed E-state index contributed by atoms with van der Waals surface area (Å²) in [7, 11) is -4.62. The van der Waals surface area contributed by atoms with Gasteiger partial charge in [0.25, 0.3) is 21.6 Å². The molecule has 388 valence electrons. The highest BCUT2D eigenvalue weighted by Gasteiger charge is 2.51. The monoisotopic (exact) mass is 1020 g/mol. The van der Waals surface area contributed by atoms with Crippen LogP contribution in [0.15, 0.2) is 83.9 Å². The molecule has 0 unspecified atom stereocenters. The molecular formula is C55H68N8O9S. The summed E-state index contributed by atoms with van der Waals surface area (Å²) in [5.41, 5.74) is 4.84. The summed E-state index contributed by atoms with van der Waals surface area (Å²) in [6.45, 7) is 12.9. The SMILES string of the molecule is CC(C)c1ccccc1[C@@H]1COC[C@@H](C)N1C1CC2(CCN(c3ccc(C(=O)NS(=O)(=O)c4ccc(NCC5CCC(C)(O)CC5)c([N+](=O)[O-])c4)c(N4c5cc6cc[nH]c6nc5O[C@H]5COCC[C@@H]54)c3)CC2)C1. The van der Waals surface area contributed by atoms with Gasteiger partial charge in [-0.2, -0.15) is 4.98 Å². The lowest BCUT2D eigenvalue weighted by atomic mass is 9.59. The standard InChI is InChI=1S/C55H68N8O9S/c1-34(2)41-7-5-6-8-42(41)49-32-71-31-35(3)61(49)39-28-55(29-39)19-22-60(23-20-55)38-9-11-43(46(26-38)62-45-16-24-70-33-50(45)72-53-48(62)25-37-15-21-56-51(37)58-53)52(64)59-73(68,69)40-10-12-44(47(27-40)63(66)67)57-30-36-13-17-54(4,65)18-14-36/h5-12,15,21,25-27,34-36,39,45,49-50,57,65H,13-14,16-20,22-24,28-33H2,1-4H3,(H,56,58)(H,59,64)/t35-,36?,45+,49+,50+,54?/m1/s1. The van der Waals surface area contributed by atoms with E-state index in [1.807, 2.05) is 37.4 Å². The van der Waals surface area contributed by atoms with Gasteiger partial charge >= 0.3 is 0 Å².